The molecule has 0 atom stereocenters. The van der Waals surface area contributed by atoms with E-state index in [9.17, 15) is 9.59 Å². The summed E-state index contributed by atoms with van der Waals surface area (Å²) in [4.78, 5) is 26.6. The molecule has 3 rings (SSSR count). The van der Waals surface area contributed by atoms with Gasteiger partial charge in [0.25, 0.3) is 11.8 Å². The average Bonchev–Trinajstić information content (AvgIpc) is 2.64. The highest BCUT2D eigenvalue weighted by Crippen LogP contribution is 2.24. The van der Waals surface area contributed by atoms with Gasteiger partial charge in [0.15, 0.2) is 0 Å². The smallest absolute Gasteiger partial charge is 0.253 e. The number of carbonyl (C=O) groups is 2. The number of benzene rings is 2. The summed E-state index contributed by atoms with van der Waals surface area (Å²) in [6, 6.07) is 11.7. The maximum absolute atomic E-state index is 12.6. The van der Waals surface area contributed by atoms with Crippen molar-refractivity contribution in [1.82, 2.24) is 10.2 Å². The van der Waals surface area contributed by atoms with Crippen LogP contribution in [-0.4, -0.2) is 35.8 Å². The molecule has 0 bridgehead atoms. The van der Waals surface area contributed by atoms with E-state index in [1.165, 1.54) is 0 Å². The van der Waals surface area contributed by atoms with Gasteiger partial charge in [-0.05, 0) is 55.3 Å². The quantitative estimate of drug-likeness (QED) is 0.797. The Bertz CT molecular complexity index is 816. The fourth-order valence-electron chi connectivity index (χ4n) is 2.91. The molecule has 2 amide bonds. The van der Waals surface area contributed by atoms with Gasteiger partial charge in [0.05, 0.1) is 10.0 Å². The Balaban J connectivity index is 1.55. The maximum Gasteiger partial charge on any atom is 0.253 e. The van der Waals surface area contributed by atoms with Crippen LogP contribution in [0.25, 0.3) is 0 Å². The van der Waals surface area contributed by atoms with Gasteiger partial charge in [-0.1, -0.05) is 34.8 Å². The van der Waals surface area contributed by atoms with Crippen molar-refractivity contribution in [2.45, 2.75) is 18.9 Å². The molecule has 26 heavy (non-hydrogen) atoms. The molecule has 4 nitrogen and oxygen atoms in total. The number of nitrogens with one attached hydrogen (secondary N) is 1. The molecule has 1 aliphatic rings. The molecule has 0 aromatic heterocycles. The maximum atomic E-state index is 12.6. The highest BCUT2D eigenvalue weighted by atomic mass is 35.5. The molecule has 1 N–H and O–H groups in total. The average molecular weight is 412 g/mol. The molecule has 7 heteroatoms. The van der Waals surface area contributed by atoms with Crippen molar-refractivity contribution < 1.29 is 9.59 Å². The minimum absolute atomic E-state index is 0.0380. The molecule has 1 saturated heterocycles. The van der Waals surface area contributed by atoms with E-state index in [-0.39, 0.29) is 17.9 Å². The Morgan fingerprint density at radius 3 is 2.12 bits per heavy atom. The molecule has 0 saturated carbocycles. The van der Waals surface area contributed by atoms with Crippen LogP contribution in [0.15, 0.2) is 42.5 Å². The Morgan fingerprint density at radius 2 is 1.50 bits per heavy atom. The second-order valence-electron chi connectivity index (χ2n) is 6.18. The lowest BCUT2D eigenvalue weighted by atomic mass is 10.0. The van der Waals surface area contributed by atoms with E-state index < -0.39 is 0 Å². The van der Waals surface area contributed by atoms with Crippen LogP contribution in [0.3, 0.4) is 0 Å². The van der Waals surface area contributed by atoms with E-state index in [2.05, 4.69) is 5.32 Å². The summed E-state index contributed by atoms with van der Waals surface area (Å²) in [5, 5.41) is 4.39. The van der Waals surface area contributed by atoms with Crippen molar-refractivity contribution in [1.29, 1.82) is 0 Å². The summed E-state index contributed by atoms with van der Waals surface area (Å²) in [6.45, 7) is 1.15. The number of carbonyl (C=O) groups excluding carboxylic acids is 2. The zero-order chi connectivity index (χ0) is 18.7. The highest BCUT2D eigenvalue weighted by molar-refractivity contribution is 6.42. The Labute approximate surface area is 167 Å². The van der Waals surface area contributed by atoms with Gasteiger partial charge < -0.3 is 10.2 Å². The third kappa shape index (κ3) is 4.50. The molecule has 1 fully saturated rings. The molecule has 0 aliphatic carbocycles. The number of halogens is 3. The normalized spacial score (nSPS) is 15.0. The monoisotopic (exact) mass is 410 g/mol. The van der Waals surface area contributed by atoms with Crippen molar-refractivity contribution in [3.63, 3.8) is 0 Å². The van der Waals surface area contributed by atoms with Gasteiger partial charge in [-0.3, -0.25) is 9.59 Å². The van der Waals surface area contributed by atoms with Gasteiger partial charge in [-0.15, -0.1) is 0 Å². The molecule has 2 aromatic carbocycles. The summed E-state index contributed by atoms with van der Waals surface area (Å²) >= 11 is 17.7. The molecule has 1 aliphatic heterocycles. The summed E-state index contributed by atoms with van der Waals surface area (Å²) in [5.41, 5.74) is 1.09. The molecular formula is C19H17Cl3N2O2. The van der Waals surface area contributed by atoms with Crippen LogP contribution in [0.1, 0.15) is 33.6 Å². The van der Waals surface area contributed by atoms with Gasteiger partial charge in [-0.25, -0.2) is 0 Å². The number of nitrogens with zero attached hydrogens (tertiary/aromatic N) is 1. The standard InChI is InChI=1S/C19H17Cl3N2O2/c20-14-4-1-12(2-5-14)18(25)23-15-7-9-24(10-8-15)19(26)13-3-6-16(21)17(22)11-13/h1-6,11,15H,7-10H2,(H,23,25). The molecule has 2 aromatic rings. The molecule has 136 valence electrons. The topological polar surface area (TPSA) is 49.4 Å². The number of hydrogen-bond acceptors (Lipinski definition) is 2. The fourth-order valence-corrected chi connectivity index (χ4v) is 3.33. The van der Waals surface area contributed by atoms with Crippen LogP contribution in [0.2, 0.25) is 15.1 Å². The first kappa shape index (κ1) is 19.0. The Kier molecular flexibility index (Phi) is 6.07. The number of likely N-dealkylation sites (tertiary alicyclic amines) is 1. The van der Waals surface area contributed by atoms with E-state index in [1.54, 1.807) is 47.4 Å². The van der Waals surface area contributed by atoms with E-state index in [0.29, 0.717) is 52.1 Å². The lowest BCUT2D eigenvalue weighted by Crippen LogP contribution is -2.46. The molecule has 0 spiro atoms. The Hall–Kier alpha value is -1.75. The molecule has 1 heterocycles. The molecule has 0 unspecified atom stereocenters. The molecule has 0 radical (unpaired) electrons. The lowest BCUT2D eigenvalue weighted by molar-refractivity contribution is 0.0698. The summed E-state index contributed by atoms with van der Waals surface area (Å²) in [7, 11) is 0. The van der Waals surface area contributed by atoms with E-state index in [4.69, 9.17) is 34.8 Å². The second-order valence-corrected chi connectivity index (χ2v) is 7.43. The zero-order valence-corrected chi connectivity index (χ0v) is 16.1. The van der Waals surface area contributed by atoms with Crippen LogP contribution in [-0.2, 0) is 0 Å². The molecular weight excluding hydrogens is 395 g/mol. The number of amides is 2. The largest absolute Gasteiger partial charge is 0.349 e. The van der Waals surface area contributed by atoms with E-state index in [1.807, 2.05) is 0 Å². The SMILES string of the molecule is O=C(NC1CCN(C(=O)c2ccc(Cl)c(Cl)c2)CC1)c1ccc(Cl)cc1. The first-order chi connectivity index (χ1) is 12.4. The minimum Gasteiger partial charge on any atom is -0.349 e. The van der Waals surface area contributed by atoms with Gasteiger partial charge >= 0.3 is 0 Å². The van der Waals surface area contributed by atoms with Gasteiger partial charge in [0, 0.05) is 35.3 Å². The summed E-state index contributed by atoms with van der Waals surface area (Å²) < 4.78 is 0. The third-order valence-corrected chi connectivity index (χ3v) is 5.38. The predicted octanol–water partition coefficient (Wildman–Crippen LogP) is 4.68. The van der Waals surface area contributed by atoms with Crippen molar-refractivity contribution >= 4 is 46.6 Å². The van der Waals surface area contributed by atoms with E-state index >= 15 is 0 Å². The van der Waals surface area contributed by atoms with Crippen LogP contribution in [0.5, 0.6) is 0 Å². The van der Waals surface area contributed by atoms with E-state index in [0.717, 1.165) is 0 Å². The first-order valence-electron chi connectivity index (χ1n) is 8.25. The third-order valence-electron chi connectivity index (χ3n) is 4.39. The summed E-state index contributed by atoms with van der Waals surface area (Å²) in [5.74, 6) is -0.207. The number of hydrogen-bond donors (Lipinski definition) is 1. The minimum atomic E-state index is -0.129. The summed E-state index contributed by atoms with van der Waals surface area (Å²) in [6.07, 6.45) is 1.40. The van der Waals surface area contributed by atoms with Gasteiger partial charge in [0.2, 0.25) is 0 Å². The van der Waals surface area contributed by atoms with Crippen molar-refractivity contribution in [2.24, 2.45) is 0 Å². The van der Waals surface area contributed by atoms with Crippen LogP contribution >= 0.6 is 34.8 Å². The number of rotatable bonds is 3. The zero-order valence-electron chi connectivity index (χ0n) is 13.8. The van der Waals surface area contributed by atoms with Crippen LogP contribution < -0.4 is 5.32 Å². The Morgan fingerprint density at radius 1 is 0.885 bits per heavy atom. The van der Waals surface area contributed by atoms with Gasteiger partial charge in [0.1, 0.15) is 0 Å². The fraction of sp³-hybridized carbons (Fsp3) is 0.263. The van der Waals surface area contributed by atoms with Gasteiger partial charge in [-0.2, -0.15) is 0 Å². The van der Waals surface area contributed by atoms with Crippen molar-refractivity contribution in [3.05, 3.63) is 68.7 Å². The predicted molar refractivity (Wildman–Crippen MR) is 104 cm³/mol. The van der Waals surface area contributed by atoms with Crippen molar-refractivity contribution in [2.75, 3.05) is 13.1 Å². The van der Waals surface area contributed by atoms with Crippen LogP contribution in [0.4, 0.5) is 0 Å². The highest BCUT2D eigenvalue weighted by Gasteiger charge is 2.25. The number of piperidine rings is 1. The van der Waals surface area contributed by atoms with Crippen molar-refractivity contribution in [3.8, 4) is 0 Å². The first-order valence-corrected chi connectivity index (χ1v) is 9.38. The lowest BCUT2D eigenvalue weighted by Gasteiger charge is -2.32. The van der Waals surface area contributed by atoms with Crippen LogP contribution in [0, 0.1) is 0 Å². The second kappa shape index (κ2) is 8.30.